The number of hydrogen-bond donors (Lipinski definition) is 2. The maximum Gasteiger partial charge on any atom is 0.189 e. The van der Waals surface area contributed by atoms with Crippen LogP contribution in [0.1, 0.15) is 11.6 Å². The highest BCUT2D eigenvalue weighted by Gasteiger charge is 2.28. The molecule has 1 fully saturated rings. The molecule has 0 radical (unpaired) electrons. The zero-order valence-corrected chi connectivity index (χ0v) is 13.2. The molecule has 2 aromatic rings. The Morgan fingerprint density at radius 1 is 1.26 bits per heavy atom. The number of nitrogens with two attached hydrogens (primary N) is 1. The van der Waals surface area contributed by atoms with E-state index in [1.807, 2.05) is 35.2 Å². The van der Waals surface area contributed by atoms with E-state index in [9.17, 15) is 0 Å². The number of nitrogens with one attached hydrogen (secondary N) is 1. The van der Waals surface area contributed by atoms with Crippen LogP contribution in [0.15, 0.2) is 48.5 Å². The number of benzene rings is 2. The van der Waals surface area contributed by atoms with Crippen LogP contribution in [0.3, 0.4) is 0 Å². The number of hydrogen-bond acceptors (Lipinski definition) is 3. The molecule has 2 aromatic carbocycles. The summed E-state index contributed by atoms with van der Waals surface area (Å²) in [4.78, 5) is 1.88. The lowest BCUT2D eigenvalue weighted by molar-refractivity contribution is 0.0249. The molecule has 0 saturated carbocycles. The molecule has 0 aromatic heterocycles. The Hall–Kier alpha value is -2.53. The maximum absolute atomic E-state index is 7.86. The first-order chi connectivity index (χ1) is 11.2. The summed E-state index contributed by atoms with van der Waals surface area (Å²) in [5.74, 6) is 0.855. The average Bonchev–Trinajstić information content (AvgIpc) is 2.62. The molecule has 5 nitrogen and oxygen atoms in total. The van der Waals surface area contributed by atoms with E-state index in [1.54, 1.807) is 7.11 Å². The van der Waals surface area contributed by atoms with Gasteiger partial charge in [-0.15, -0.1) is 0 Å². The average molecular weight is 311 g/mol. The summed E-state index contributed by atoms with van der Waals surface area (Å²) < 4.78 is 11.0. The van der Waals surface area contributed by atoms with Gasteiger partial charge in [0, 0.05) is 6.54 Å². The first-order valence-corrected chi connectivity index (χ1v) is 7.62. The number of guanidine groups is 1. The summed E-state index contributed by atoms with van der Waals surface area (Å²) in [5.41, 5.74) is 9.07. The number of morpholine rings is 1. The summed E-state index contributed by atoms with van der Waals surface area (Å²) in [7, 11) is 1.65. The minimum Gasteiger partial charge on any atom is -0.497 e. The van der Waals surface area contributed by atoms with Crippen LogP contribution in [0, 0.1) is 5.41 Å². The lowest BCUT2D eigenvalue weighted by atomic mass is 9.93. The van der Waals surface area contributed by atoms with Crippen LogP contribution in [0.4, 0.5) is 0 Å². The van der Waals surface area contributed by atoms with Crippen molar-refractivity contribution in [2.45, 2.75) is 6.04 Å². The Bertz CT molecular complexity index is 688. The highest BCUT2D eigenvalue weighted by molar-refractivity contribution is 5.77. The summed E-state index contributed by atoms with van der Waals surface area (Å²) >= 11 is 0. The molecular weight excluding hydrogens is 290 g/mol. The van der Waals surface area contributed by atoms with Gasteiger partial charge in [0.15, 0.2) is 5.96 Å². The van der Waals surface area contributed by atoms with Crippen LogP contribution < -0.4 is 10.5 Å². The van der Waals surface area contributed by atoms with Crippen LogP contribution in [-0.2, 0) is 4.74 Å². The molecule has 5 heteroatoms. The molecular formula is C18H21N3O2. The van der Waals surface area contributed by atoms with Gasteiger partial charge in [-0.1, -0.05) is 36.4 Å². The maximum atomic E-state index is 7.86. The van der Waals surface area contributed by atoms with Crippen molar-refractivity contribution < 1.29 is 9.47 Å². The van der Waals surface area contributed by atoms with Crippen molar-refractivity contribution in [2.24, 2.45) is 5.73 Å². The van der Waals surface area contributed by atoms with Crippen LogP contribution >= 0.6 is 0 Å². The molecule has 0 bridgehead atoms. The van der Waals surface area contributed by atoms with E-state index in [0.717, 1.165) is 22.4 Å². The fraction of sp³-hybridized carbons (Fsp3) is 0.278. The third-order valence-corrected chi connectivity index (χ3v) is 4.14. The Morgan fingerprint density at radius 3 is 2.74 bits per heavy atom. The summed E-state index contributed by atoms with van der Waals surface area (Å²) in [5, 5.41) is 7.86. The second kappa shape index (κ2) is 6.71. The van der Waals surface area contributed by atoms with Crippen molar-refractivity contribution in [3.05, 3.63) is 54.1 Å². The molecule has 1 atom stereocenters. The van der Waals surface area contributed by atoms with Gasteiger partial charge in [-0.3, -0.25) is 5.41 Å². The monoisotopic (exact) mass is 311 g/mol. The number of rotatable bonds is 3. The zero-order valence-electron chi connectivity index (χ0n) is 13.2. The van der Waals surface area contributed by atoms with Gasteiger partial charge < -0.3 is 20.1 Å². The normalized spacial score (nSPS) is 17.8. The molecule has 0 amide bonds. The van der Waals surface area contributed by atoms with Gasteiger partial charge in [0.25, 0.3) is 0 Å². The van der Waals surface area contributed by atoms with E-state index in [4.69, 9.17) is 20.6 Å². The van der Waals surface area contributed by atoms with Crippen molar-refractivity contribution in [1.82, 2.24) is 4.90 Å². The topological polar surface area (TPSA) is 71.6 Å². The summed E-state index contributed by atoms with van der Waals surface area (Å²) in [6, 6.07) is 16.1. The highest BCUT2D eigenvalue weighted by Crippen LogP contribution is 2.35. The van der Waals surface area contributed by atoms with Crippen molar-refractivity contribution in [2.75, 3.05) is 26.9 Å². The Balaban J connectivity index is 2.10. The zero-order chi connectivity index (χ0) is 16.2. The van der Waals surface area contributed by atoms with E-state index < -0.39 is 0 Å². The van der Waals surface area contributed by atoms with Crippen molar-refractivity contribution in [3.63, 3.8) is 0 Å². The smallest absolute Gasteiger partial charge is 0.189 e. The summed E-state index contributed by atoms with van der Waals surface area (Å²) in [6.45, 7) is 1.71. The van der Waals surface area contributed by atoms with Crippen molar-refractivity contribution >= 4 is 5.96 Å². The predicted molar refractivity (Wildman–Crippen MR) is 90.6 cm³/mol. The predicted octanol–water partition coefficient (Wildman–Crippen LogP) is 2.63. The molecule has 0 spiro atoms. The Labute approximate surface area is 136 Å². The Kier molecular flexibility index (Phi) is 4.48. The standard InChI is InChI=1S/C18H21N3O2/c1-22-14-7-8-15(13-5-3-2-4-6-13)16(11-14)17-12-23-10-9-21(17)18(19)20/h2-8,11,17H,9-10,12H2,1H3,(H3,19,20). The second-order valence-electron chi connectivity index (χ2n) is 5.49. The minimum absolute atomic E-state index is 0.0696. The van der Waals surface area contributed by atoms with Gasteiger partial charge in [-0.2, -0.15) is 0 Å². The summed E-state index contributed by atoms with van der Waals surface area (Å²) in [6.07, 6.45) is 0. The molecule has 3 rings (SSSR count). The molecule has 1 saturated heterocycles. The van der Waals surface area contributed by atoms with E-state index in [1.165, 1.54) is 0 Å². The van der Waals surface area contributed by atoms with Crippen LogP contribution in [0.2, 0.25) is 0 Å². The molecule has 1 aliphatic heterocycles. The number of ether oxygens (including phenoxy) is 2. The van der Waals surface area contributed by atoms with E-state index in [0.29, 0.717) is 19.8 Å². The molecule has 1 unspecified atom stereocenters. The van der Waals surface area contributed by atoms with Crippen LogP contribution in [0.25, 0.3) is 11.1 Å². The third-order valence-electron chi connectivity index (χ3n) is 4.14. The highest BCUT2D eigenvalue weighted by atomic mass is 16.5. The van der Waals surface area contributed by atoms with Crippen LogP contribution in [0.5, 0.6) is 5.75 Å². The molecule has 120 valence electrons. The van der Waals surface area contributed by atoms with Crippen molar-refractivity contribution in [1.29, 1.82) is 5.41 Å². The largest absolute Gasteiger partial charge is 0.497 e. The Morgan fingerprint density at radius 2 is 2.04 bits per heavy atom. The molecule has 1 aliphatic rings. The quantitative estimate of drug-likeness (QED) is 0.675. The van der Waals surface area contributed by atoms with Gasteiger partial charge in [-0.05, 0) is 28.8 Å². The van der Waals surface area contributed by atoms with Gasteiger partial charge in [-0.25, -0.2) is 0 Å². The fourth-order valence-electron chi connectivity index (χ4n) is 2.97. The fourth-order valence-corrected chi connectivity index (χ4v) is 2.97. The number of nitrogens with zero attached hydrogens (tertiary/aromatic N) is 1. The molecule has 0 aliphatic carbocycles. The second-order valence-corrected chi connectivity index (χ2v) is 5.49. The third kappa shape index (κ3) is 3.14. The van der Waals surface area contributed by atoms with E-state index in [-0.39, 0.29) is 12.0 Å². The lowest BCUT2D eigenvalue weighted by Gasteiger charge is -2.37. The SMILES string of the molecule is COc1ccc(-c2ccccc2)c(C2COCCN2C(=N)N)c1. The van der Waals surface area contributed by atoms with Gasteiger partial charge in [0.1, 0.15) is 5.75 Å². The lowest BCUT2D eigenvalue weighted by Crippen LogP contribution is -2.46. The molecule has 1 heterocycles. The van der Waals surface area contributed by atoms with Gasteiger partial charge in [0.2, 0.25) is 0 Å². The molecule has 3 N–H and O–H groups in total. The van der Waals surface area contributed by atoms with Gasteiger partial charge in [0.05, 0.1) is 26.4 Å². The first-order valence-electron chi connectivity index (χ1n) is 7.62. The van der Waals surface area contributed by atoms with E-state index >= 15 is 0 Å². The molecule has 23 heavy (non-hydrogen) atoms. The minimum atomic E-state index is -0.0912. The van der Waals surface area contributed by atoms with Crippen LogP contribution in [-0.4, -0.2) is 37.7 Å². The van der Waals surface area contributed by atoms with E-state index in [2.05, 4.69) is 18.2 Å². The first kappa shape index (κ1) is 15.4. The van der Waals surface area contributed by atoms with Crippen molar-refractivity contribution in [3.8, 4) is 16.9 Å². The van der Waals surface area contributed by atoms with Gasteiger partial charge >= 0.3 is 0 Å². The number of methoxy groups -OCH3 is 1.